The molecule has 1 heterocycles. The smallest absolute Gasteiger partial charge is 0.355 e. The molecule has 5 heteroatoms. The highest BCUT2D eigenvalue weighted by Crippen LogP contribution is 2.19. The zero-order chi connectivity index (χ0) is 13.7. The molecule has 1 aromatic carbocycles. The van der Waals surface area contributed by atoms with Crippen LogP contribution >= 0.6 is 11.3 Å². The largest absolute Gasteiger partial charge is 0.493 e. The second-order valence-electron chi connectivity index (χ2n) is 3.99. The van der Waals surface area contributed by atoms with E-state index in [2.05, 4.69) is 11.9 Å². The van der Waals surface area contributed by atoms with E-state index >= 15 is 0 Å². The van der Waals surface area contributed by atoms with Gasteiger partial charge in [-0.2, -0.15) is 0 Å². The summed E-state index contributed by atoms with van der Waals surface area (Å²) in [5, 5.41) is 11.1. The van der Waals surface area contributed by atoms with Gasteiger partial charge in [-0.25, -0.2) is 9.78 Å². The first kappa shape index (κ1) is 13.5. The van der Waals surface area contributed by atoms with E-state index in [1.165, 1.54) is 16.9 Å². The number of rotatable bonds is 6. The third-order valence-corrected chi connectivity index (χ3v) is 3.61. The number of carbonyl (C=O) groups is 1. The number of thiazole rings is 1. The van der Waals surface area contributed by atoms with Crippen molar-refractivity contribution < 1.29 is 14.6 Å². The molecule has 1 aromatic heterocycles. The first-order valence-corrected chi connectivity index (χ1v) is 6.97. The van der Waals surface area contributed by atoms with E-state index in [9.17, 15) is 4.79 Å². The fourth-order valence-electron chi connectivity index (χ4n) is 1.71. The number of ether oxygens (including phenoxy) is 1. The molecule has 4 nitrogen and oxygen atoms in total. The van der Waals surface area contributed by atoms with Crippen LogP contribution in [-0.2, 0) is 12.8 Å². The number of hydrogen-bond acceptors (Lipinski definition) is 4. The average molecular weight is 277 g/mol. The summed E-state index contributed by atoms with van der Waals surface area (Å²) in [4.78, 5) is 14.7. The molecule has 0 atom stereocenters. The quantitative estimate of drug-likeness (QED) is 0.881. The Balaban J connectivity index is 1.90. The van der Waals surface area contributed by atoms with Gasteiger partial charge in [0.05, 0.1) is 11.6 Å². The van der Waals surface area contributed by atoms with Crippen molar-refractivity contribution in [3.8, 4) is 5.75 Å². The Morgan fingerprint density at radius 1 is 1.42 bits per heavy atom. The lowest BCUT2D eigenvalue weighted by Crippen LogP contribution is -2.04. The Bertz CT molecular complexity index is 565. The lowest BCUT2D eigenvalue weighted by molar-refractivity contribution is 0.0691. The molecule has 0 bridgehead atoms. The molecule has 19 heavy (non-hydrogen) atoms. The van der Waals surface area contributed by atoms with Crippen molar-refractivity contribution in [3.05, 3.63) is 45.9 Å². The van der Waals surface area contributed by atoms with Crippen LogP contribution in [0.15, 0.2) is 29.6 Å². The number of aromatic nitrogens is 1. The third-order valence-electron chi connectivity index (χ3n) is 2.70. The molecule has 0 spiro atoms. The molecule has 2 aromatic rings. The normalized spacial score (nSPS) is 10.4. The van der Waals surface area contributed by atoms with Gasteiger partial charge in [0.1, 0.15) is 5.75 Å². The summed E-state index contributed by atoms with van der Waals surface area (Å²) in [6.45, 7) is 2.59. The van der Waals surface area contributed by atoms with Crippen LogP contribution in [0.4, 0.5) is 0 Å². The van der Waals surface area contributed by atoms with E-state index in [4.69, 9.17) is 9.84 Å². The molecule has 100 valence electrons. The number of nitrogens with zero attached hydrogens (tertiary/aromatic N) is 1. The van der Waals surface area contributed by atoms with Gasteiger partial charge in [-0.15, -0.1) is 11.3 Å². The van der Waals surface area contributed by atoms with Gasteiger partial charge in [-0.05, 0) is 18.1 Å². The molecular weight excluding hydrogens is 262 g/mol. The van der Waals surface area contributed by atoms with E-state index < -0.39 is 5.97 Å². The first-order valence-electron chi connectivity index (χ1n) is 6.09. The van der Waals surface area contributed by atoms with E-state index in [-0.39, 0.29) is 5.69 Å². The number of carboxylic acids is 1. The minimum atomic E-state index is -0.986. The zero-order valence-electron chi connectivity index (χ0n) is 10.6. The number of benzene rings is 1. The predicted octanol–water partition coefficient (Wildman–Crippen LogP) is 3.03. The van der Waals surface area contributed by atoms with Crippen molar-refractivity contribution >= 4 is 17.3 Å². The minimum absolute atomic E-state index is 0.106. The zero-order valence-corrected chi connectivity index (χ0v) is 11.4. The number of para-hydroxylation sites is 1. The van der Waals surface area contributed by atoms with Gasteiger partial charge in [0.2, 0.25) is 0 Å². The van der Waals surface area contributed by atoms with E-state index in [1.54, 1.807) is 5.38 Å². The van der Waals surface area contributed by atoms with Gasteiger partial charge in [0.25, 0.3) is 0 Å². The average Bonchev–Trinajstić information content (AvgIpc) is 2.88. The van der Waals surface area contributed by atoms with E-state index in [0.717, 1.165) is 17.2 Å². The number of aromatic carboxylic acids is 1. The Hall–Kier alpha value is -1.88. The molecule has 1 N–H and O–H groups in total. The maximum absolute atomic E-state index is 10.7. The second-order valence-corrected chi connectivity index (χ2v) is 4.93. The summed E-state index contributed by atoms with van der Waals surface area (Å²) in [6.07, 6.45) is 1.55. The summed E-state index contributed by atoms with van der Waals surface area (Å²) >= 11 is 1.35. The van der Waals surface area contributed by atoms with Crippen molar-refractivity contribution in [3.63, 3.8) is 0 Å². The summed E-state index contributed by atoms with van der Waals surface area (Å²) in [7, 11) is 0. The van der Waals surface area contributed by atoms with Crippen LogP contribution in [0, 0.1) is 0 Å². The number of aryl methyl sites for hydroxylation is 1. The molecule has 0 saturated heterocycles. The highest BCUT2D eigenvalue weighted by molar-refractivity contribution is 7.09. The van der Waals surface area contributed by atoms with Crippen molar-refractivity contribution in [1.82, 2.24) is 4.98 Å². The summed E-state index contributed by atoms with van der Waals surface area (Å²) in [5.74, 6) is -0.0974. The second kappa shape index (κ2) is 6.33. The number of carboxylic acid groups (broad SMARTS) is 1. The molecular formula is C14H15NO3S. The Labute approximate surface area is 115 Å². The highest BCUT2D eigenvalue weighted by Gasteiger charge is 2.08. The standard InChI is InChI=1S/C14H15NO3S/c1-2-10-5-3-4-6-12(10)18-8-7-13-15-11(9-19-13)14(16)17/h3-6,9H,2,7-8H2,1H3,(H,16,17). The number of hydrogen-bond donors (Lipinski definition) is 1. The van der Waals surface area contributed by atoms with Crippen molar-refractivity contribution in [2.24, 2.45) is 0 Å². The molecule has 0 fully saturated rings. The van der Waals surface area contributed by atoms with E-state index in [0.29, 0.717) is 13.0 Å². The molecule has 0 aliphatic carbocycles. The predicted molar refractivity (Wildman–Crippen MR) is 74.1 cm³/mol. The Morgan fingerprint density at radius 3 is 2.89 bits per heavy atom. The fourth-order valence-corrected chi connectivity index (χ4v) is 2.46. The molecule has 0 unspecified atom stereocenters. The lowest BCUT2D eigenvalue weighted by Gasteiger charge is -2.09. The molecule has 0 amide bonds. The summed E-state index contributed by atoms with van der Waals surface area (Å²) < 4.78 is 5.72. The van der Waals surface area contributed by atoms with Crippen LogP contribution in [-0.4, -0.2) is 22.7 Å². The first-order chi connectivity index (χ1) is 9.20. The summed E-state index contributed by atoms with van der Waals surface area (Å²) in [5.41, 5.74) is 1.28. The van der Waals surface area contributed by atoms with E-state index in [1.807, 2.05) is 24.3 Å². The Morgan fingerprint density at radius 2 is 2.21 bits per heavy atom. The molecule has 2 rings (SSSR count). The monoisotopic (exact) mass is 277 g/mol. The van der Waals surface area contributed by atoms with Gasteiger partial charge >= 0.3 is 5.97 Å². The van der Waals surface area contributed by atoms with Crippen LogP contribution in [0.5, 0.6) is 5.75 Å². The fraction of sp³-hybridized carbons (Fsp3) is 0.286. The van der Waals surface area contributed by atoms with Crippen LogP contribution in [0.3, 0.4) is 0 Å². The molecule has 0 radical (unpaired) electrons. The van der Waals surface area contributed by atoms with Gasteiger partial charge in [-0.3, -0.25) is 0 Å². The molecule has 0 aliphatic rings. The van der Waals surface area contributed by atoms with Crippen LogP contribution < -0.4 is 4.74 Å². The highest BCUT2D eigenvalue weighted by atomic mass is 32.1. The summed E-state index contributed by atoms with van der Waals surface area (Å²) in [6, 6.07) is 7.93. The minimum Gasteiger partial charge on any atom is -0.493 e. The SMILES string of the molecule is CCc1ccccc1OCCc1nc(C(=O)O)cs1. The van der Waals surface area contributed by atoms with Gasteiger partial charge in [-0.1, -0.05) is 25.1 Å². The van der Waals surface area contributed by atoms with Crippen LogP contribution in [0.1, 0.15) is 28.0 Å². The lowest BCUT2D eigenvalue weighted by atomic mass is 10.1. The topological polar surface area (TPSA) is 59.4 Å². The van der Waals surface area contributed by atoms with Crippen LogP contribution in [0.25, 0.3) is 0 Å². The molecule has 0 saturated carbocycles. The van der Waals surface area contributed by atoms with Crippen LogP contribution in [0.2, 0.25) is 0 Å². The Kier molecular flexibility index (Phi) is 4.52. The van der Waals surface area contributed by atoms with Crippen molar-refractivity contribution in [2.75, 3.05) is 6.61 Å². The van der Waals surface area contributed by atoms with Gasteiger partial charge < -0.3 is 9.84 Å². The van der Waals surface area contributed by atoms with Crippen molar-refractivity contribution in [1.29, 1.82) is 0 Å². The third kappa shape index (κ3) is 3.54. The van der Waals surface area contributed by atoms with Crippen molar-refractivity contribution in [2.45, 2.75) is 19.8 Å². The maximum Gasteiger partial charge on any atom is 0.355 e. The van der Waals surface area contributed by atoms with Gasteiger partial charge in [0.15, 0.2) is 5.69 Å². The van der Waals surface area contributed by atoms with Gasteiger partial charge in [0, 0.05) is 11.8 Å². The maximum atomic E-state index is 10.7. The molecule has 0 aliphatic heterocycles.